The summed E-state index contributed by atoms with van der Waals surface area (Å²) in [6.07, 6.45) is 1.38. The Bertz CT molecular complexity index is 669. The van der Waals surface area contributed by atoms with E-state index in [1.807, 2.05) is 0 Å². The Balaban J connectivity index is 2.03. The fourth-order valence-corrected chi connectivity index (χ4v) is 1.99. The fraction of sp³-hybridized carbons (Fsp3) is 0.0667. The van der Waals surface area contributed by atoms with Gasteiger partial charge in [-0.2, -0.15) is 5.10 Å². The normalized spacial score (nSPS) is 10.6. The average Bonchev–Trinajstić information content (AvgIpc) is 2.51. The molecule has 5 nitrogen and oxygen atoms in total. The van der Waals surface area contributed by atoms with E-state index in [9.17, 15) is 9.90 Å². The Kier molecular flexibility index (Phi) is 4.94. The van der Waals surface area contributed by atoms with Gasteiger partial charge in [-0.25, -0.2) is 5.43 Å². The minimum Gasteiger partial charge on any atom is -0.506 e. The van der Waals surface area contributed by atoms with Crippen molar-refractivity contribution in [3.8, 4) is 11.5 Å². The maximum Gasteiger partial charge on any atom is 0.271 e. The number of carbonyl (C=O) groups excluding carboxylic acids is 1. The van der Waals surface area contributed by atoms with Crippen LogP contribution in [0.3, 0.4) is 0 Å². The van der Waals surface area contributed by atoms with Gasteiger partial charge in [0.05, 0.1) is 17.8 Å². The van der Waals surface area contributed by atoms with Crippen LogP contribution in [0.15, 0.2) is 52.0 Å². The van der Waals surface area contributed by atoms with Gasteiger partial charge in [-0.3, -0.25) is 4.79 Å². The molecule has 0 aromatic heterocycles. The summed E-state index contributed by atoms with van der Waals surface area (Å²) in [5.74, 6) is 0.400. The number of rotatable bonds is 4. The highest BCUT2D eigenvalue weighted by molar-refractivity contribution is 9.10. The summed E-state index contributed by atoms with van der Waals surface area (Å²) in [6, 6.07) is 11.8. The van der Waals surface area contributed by atoms with E-state index >= 15 is 0 Å². The van der Waals surface area contributed by atoms with Crippen LogP contribution in [0.2, 0.25) is 0 Å². The lowest BCUT2D eigenvalue weighted by atomic mass is 10.2. The first kappa shape index (κ1) is 15.1. The summed E-state index contributed by atoms with van der Waals surface area (Å²) >= 11 is 3.21. The molecule has 1 amide bonds. The van der Waals surface area contributed by atoms with Gasteiger partial charge in [-0.15, -0.1) is 0 Å². The molecule has 0 aliphatic rings. The second-order valence-corrected chi connectivity index (χ2v) is 4.96. The molecule has 0 bridgehead atoms. The number of hydrogen-bond acceptors (Lipinski definition) is 4. The summed E-state index contributed by atoms with van der Waals surface area (Å²) in [4.78, 5) is 11.8. The predicted octanol–water partition coefficient (Wildman–Crippen LogP) is 2.93. The van der Waals surface area contributed by atoms with Crippen molar-refractivity contribution in [1.82, 2.24) is 5.43 Å². The monoisotopic (exact) mass is 348 g/mol. The minimum atomic E-state index is -0.344. The molecule has 0 radical (unpaired) electrons. The Labute approximate surface area is 130 Å². The first-order valence-electron chi connectivity index (χ1n) is 6.06. The van der Waals surface area contributed by atoms with Gasteiger partial charge in [0.15, 0.2) is 0 Å². The molecule has 0 atom stereocenters. The summed E-state index contributed by atoms with van der Waals surface area (Å²) in [6.45, 7) is 0. The summed E-state index contributed by atoms with van der Waals surface area (Å²) in [5.41, 5.74) is 3.36. The summed E-state index contributed by atoms with van der Waals surface area (Å²) in [7, 11) is 1.56. The number of hydrazone groups is 1. The van der Waals surface area contributed by atoms with E-state index in [-0.39, 0.29) is 11.7 Å². The van der Waals surface area contributed by atoms with Crippen LogP contribution in [-0.4, -0.2) is 24.3 Å². The number of methoxy groups -OCH3 is 1. The molecule has 2 N–H and O–H groups in total. The van der Waals surface area contributed by atoms with Crippen molar-refractivity contribution in [2.75, 3.05) is 7.11 Å². The Hall–Kier alpha value is -2.34. The van der Waals surface area contributed by atoms with E-state index < -0.39 is 0 Å². The van der Waals surface area contributed by atoms with Gasteiger partial charge in [0.2, 0.25) is 0 Å². The van der Waals surface area contributed by atoms with E-state index in [2.05, 4.69) is 26.5 Å². The Morgan fingerprint density at radius 1 is 1.29 bits per heavy atom. The van der Waals surface area contributed by atoms with E-state index in [0.29, 0.717) is 21.3 Å². The van der Waals surface area contributed by atoms with E-state index in [0.717, 1.165) is 0 Å². The fourth-order valence-electron chi connectivity index (χ4n) is 1.60. The van der Waals surface area contributed by atoms with Gasteiger partial charge < -0.3 is 9.84 Å². The molecule has 0 heterocycles. The van der Waals surface area contributed by atoms with E-state index in [1.165, 1.54) is 6.21 Å². The topological polar surface area (TPSA) is 70.9 Å². The Morgan fingerprint density at radius 2 is 2.00 bits per heavy atom. The van der Waals surface area contributed by atoms with E-state index in [4.69, 9.17) is 4.74 Å². The van der Waals surface area contributed by atoms with Crippen molar-refractivity contribution in [3.63, 3.8) is 0 Å². The first-order valence-corrected chi connectivity index (χ1v) is 6.86. The van der Waals surface area contributed by atoms with Crippen molar-refractivity contribution in [1.29, 1.82) is 0 Å². The van der Waals surface area contributed by atoms with Gasteiger partial charge in [0.25, 0.3) is 5.91 Å². The molecule has 0 saturated carbocycles. The number of carbonyl (C=O) groups is 1. The number of nitrogens with one attached hydrogen (secondary N) is 1. The lowest BCUT2D eigenvalue weighted by molar-refractivity contribution is 0.0955. The lowest BCUT2D eigenvalue weighted by Crippen LogP contribution is -2.17. The van der Waals surface area contributed by atoms with Crippen LogP contribution in [0, 0.1) is 0 Å². The van der Waals surface area contributed by atoms with Crippen LogP contribution in [0.5, 0.6) is 11.5 Å². The molecular formula is C15H13BrN2O3. The van der Waals surface area contributed by atoms with Crippen LogP contribution in [0.4, 0.5) is 0 Å². The maximum absolute atomic E-state index is 11.8. The second-order valence-electron chi connectivity index (χ2n) is 4.11. The Morgan fingerprint density at radius 3 is 2.67 bits per heavy atom. The first-order chi connectivity index (χ1) is 10.1. The number of aromatic hydroxyl groups is 1. The van der Waals surface area contributed by atoms with Crippen LogP contribution < -0.4 is 10.2 Å². The van der Waals surface area contributed by atoms with Gasteiger partial charge in [0.1, 0.15) is 11.5 Å². The molecule has 0 fully saturated rings. The van der Waals surface area contributed by atoms with Crippen LogP contribution in [-0.2, 0) is 0 Å². The number of benzene rings is 2. The van der Waals surface area contributed by atoms with Crippen molar-refractivity contribution >= 4 is 28.1 Å². The molecular weight excluding hydrogens is 336 g/mol. The van der Waals surface area contributed by atoms with Crippen LogP contribution >= 0.6 is 15.9 Å². The van der Waals surface area contributed by atoms with Crippen molar-refractivity contribution in [3.05, 3.63) is 58.1 Å². The zero-order chi connectivity index (χ0) is 15.2. The average molecular weight is 349 g/mol. The third-order valence-electron chi connectivity index (χ3n) is 2.74. The number of amides is 1. The van der Waals surface area contributed by atoms with Crippen LogP contribution in [0.1, 0.15) is 15.9 Å². The number of halogens is 1. The summed E-state index contributed by atoms with van der Waals surface area (Å²) < 4.78 is 5.58. The molecule has 2 aromatic carbocycles. The smallest absolute Gasteiger partial charge is 0.271 e. The third kappa shape index (κ3) is 3.82. The van der Waals surface area contributed by atoms with Gasteiger partial charge in [-0.05, 0) is 52.3 Å². The predicted molar refractivity (Wildman–Crippen MR) is 83.9 cm³/mol. The van der Waals surface area contributed by atoms with Gasteiger partial charge >= 0.3 is 0 Å². The van der Waals surface area contributed by atoms with Gasteiger partial charge in [0, 0.05) is 11.1 Å². The number of ether oxygens (including phenoxy) is 1. The number of para-hydroxylation sites is 1. The SMILES string of the molecule is COc1ccc(C(=O)N/N=C/c2cccc(Br)c2O)cc1. The highest BCUT2D eigenvalue weighted by Crippen LogP contribution is 2.25. The number of hydrogen-bond donors (Lipinski definition) is 2. The zero-order valence-electron chi connectivity index (χ0n) is 11.2. The molecule has 21 heavy (non-hydrogen) atoms. The molecule has 0 aliphatic heterocycles. The molecule has 0 saturated heterocycles. The number of phenolic OH excluding ortho intramolecular Hbond substituents is 1. The van der Waals surface area contributed by atoms with E-state index in [1.54, 1.807) is 49.6 Å². The van der Waals surface area contributed by atoms with Crippen LogP contribution in [0.25, 0.3) is 0 Å². The molecule has 108 valence electrons. The quantitative estimate of drug-likeness (QED) is 0.659. The highest BCUT2D eigenvalue weighted by atomic mass is 79.9. The molecule has 2 rings (SSSR count). The third-order valence-corrected chi connectivity index (χ3v) is 3.38. The standard InChI is InChI=1S/C15H13BrN2O3/c1-21-12-7-5-10(6-8-12)15(20)18-17-9-11-3-2-4-13(16)14(11)19/h2-9,19H,1H3,(H,18,20)/b17-9+. The highest BCUT2D eigenvalue weighted by Gasteiger charge is 2.05. The number of nitrogens with zero attached hydrogens (tertiary/aromatic N) is 1. The zero-order valence-corrected chi connectivity index (χ0v) is 12.8. The molecule has 2 aromatic rings. The molecule has 0 aliphatic carbocycles. The largest absolute Gasteiger partial charge is 0.506 e. The number of phenols is 1. The van der Waals surface area contributed by atoms with Crippen molar-refractivity contribution in [2.24, 2.45) is 5.10 Å². The molecule has 0 spiro atoms. The molecule has 6 heteroatoms. The maximum atomic E-state index is 11.8. The van der Waals surface area contributed by atoms with Crippen molar-refractivity contribution in [2.45, 2.75) is 0 Å². The second kappa shape index (κ2) is 6.90. The van der Waals surface area contributed by atoms with Crippen molar-refractivity contribution < 1.29 is 14.6 Å². The summed E-state index contributed by atoms with van der Waals surface area (Å²) in [5, 5.41) is 13.6. The minimum absolute atomic E-state index is 0.0694. The molecule has 0 unspecified atom stereocenters. The lowest BCUT2D eigenvalue weighted by Gasteiger charge is -2.03. The van der Waals surface area contributed by atoms with Gasteiger partial charge in [-0.1, -0.05) is 6.07 Å².